The molecular formula is C21H18ClN3O3. The first-order valence-electron chi connectivity index (χ1n) is 8.45. The molecular weight excluding hydrogens is 378 g/mol. The number of nitrogens with one attached hydrogen (secondary N) is 2. The number of rotatable bonds is 5. The van der Waals surface area contributed by atoms with Crippen LogP contribution in [0.4, 0.5) is 11.4 Å². The van der Waals surface area contributed by atoms with Gasteiger partial charge < -0.3 is 15.4 Å². The Balaban J connectivity index is 1.78. The summed E-state index contributed by atoms with van der Waals surface area (Å²) in [5, 5.41) is 5.97. The van der Waals surface area contributed by atoms with Crippen LogP contribution in [-0.4, -0.2) is 23.9 Å². The molecule has 0 spiro atoms. The summed E-state index contributed by atoms with van der Waals surface area (Å²) >= 11 is 5.99. The predicted molar refractivity (Wildman–Crippen MR) is 109 cm³/mol. The lowest BCUT2D eigenvalue weighted by atomic mass is 10.2. The first kappa shape index (κ1) is 19.4. The minimum Gasteiger partial charge on any atom is -0.495 e. The van der Waals surface area contributed by atoms with Crippen LogP contribution < -0.4 is 15.4 Å². The van der Waals surface area contributed by atoms with Gasteiger partial charge in [-0.05, 0) is 55.0 Å². The first-order chi connectivity index (χ1) is 13.5. The number of nitrogens with zero attached hydrogens (tertiary/aromatic N) is 1. The highest BCUT2D eigenvalue weighted by atomic mass is 35.5. The maximum absolute atomic E-state index is 12.6. The molecule has 3 rings (SSSR count). The molecule has 0 atom stereocenters. The van der Waals surface area contributed by atoms with Gasteiger partial charge >= 0.3 is 0 Å². The zero-order chi connectivity index (χ0) is 20.1. The maximum atomic E-state index is 12.6. The summed E-state index contributed by atoms with van der Waals surface area (Å²) in [5.74, 6) is -0.336. The van der Waals surface area contributed by atoms with Crippen LogP contribution in [0.1, 0.15) is 26.4 Å². The van der Waals surface area contributed by atoms with Gasteiger partial charge in [-0.15, -0.1) is 0 Å². The SMILES string of the molecule is COc1ccc(Cl)cc1NC(=O)c1ccnc(C(=O)Nc2cccc(C)c2)c1. The molecule has 0 fully saturated rings. The van der Waals surface area contributed by atoms with Crippen molar-refractivity contribution in [1.29, 1.82) is 0 Å². The number of pyridine rings is 1. The Morgan fingerprint density at radius 3 is 2.57 bits per heavy atom. The highest BCUT2D eigenvalue weighted by Crippen LogP contribution is 2.28. The minimum absolute atomic E-state index is 0.132. The Bertz CT molecular complexity index is 1040. The molecule has 0 saturated carbocycles. The van der Waals surface area contributed by atoms with Crippen LogP contribution >= 0.6 is 11.6 Å². The van der Waals surface area contributed by atoms with Gasteiger partial charge in [0.15, 0.2) is 0 Å². The number of carbonyl (C=O) groups is 2. The Labute approximate surface area is 167 Å². The Morgan fingerprint density at radius 1 is 1.00 bits per heavy atom. The van der Waals surface area contributed by atoms with Crippen LogP contribution in [0.5, 0.6) is 5.75 Å². The molecule has 0 saturated heterocycles. The Kier molecular flexibility index (Phi) is 5.91. The predicted octanol–water partition coefficient (Wildman–Crippen LogP) is 4.56. The van der Waals surface area contributed by atoms with Gasteiger partial charge in [-0.1, -0.05) is 23.7 Å². The highest BCUT2D eigenvalue weighted by molar-refractivity contribution is 6.31. The number of aromatic nitrogens is 1. The van der Waals surface area contributed by atoms with Crippen LogP contribution in [0.3, 0.4) is 0 Å². The lowest BCUT2D eigenvalue weighted by molar-refractivity contribution is 0.102. The van der Waals surface area contributed by atoms with Gasteiger partial charge in [0, 0.05) is 22.5 Å². The van der Waals surface area contributed by atoms with E-state index in [-0.39, 0.29) is 11.3 Å². The second-order valence-corrected chi connectivity index (χ2v) is 6.49. The minimum atomic E-state index is -0.410. The summed E-state index contributed by atoms with van der Waals surface area (Å²) < 4.78 is 5.23. The molecule has 2 amide bonds. The van der Waals surface area contributed by atoms with Crippen molar-refractivity contribution in [3.05, 3.63) is 82.6 Å². The van der Waals surface area contributed by atoms with E-state index >= 15 is 0 Å². The highest BCUT2D eigenvalue weighted by Gasteiger charge is 2.14. The molecule has 0 unspecified atom stereocenters. The summed E-state index contributed by atoms with van der Waals surface area (Å²) in [6, 6.07) is 15.3. The molecule has 28 heavy (non-hydrogen) atoms. The summed E-state index contributed by atoms with van der Waals surface area (Å²) in [6.07, 6.45) is 1.41. The molecule has 0 bridgehead atoms. The molecule has 6 nitrogen and oxygen atoms in total. The third kappa shape index (κ3) is 4.66. The number of ether oxygens (including phenoxy) is 1. The van der Waals surface area contributed by atoms with Gasteiger partial charge in [0.05, 0.1) is 12.8 Å². The second kappa shape index (κ2) is 8.54. The van der Waals surface area contributed by atoms with E-state index in [1.807, 2.05) is 25.1 Å². The molecule has 3 aromatic rings. The summed E-state index contributed by atoms with van der Waals surface area (Å²) in [5.41, 5.74) is 2.53. The summed E-state index contributed by atoms with van der Waals surface area (Å²) in [4.78, 5) is 29.1. The third-order valence-corrected chi connectivity index (χ3v) is 4.18. The fourth-order valence-electron chi connectivity index (χ4n) is 2.59. The largest absolute Gasteiger partial charge is 0.495 e. The van der Waals surface area contributed by atoms with Crippen molar-refractivity contribution in [2.24, 2.45) is 0 Å². The number of amides is 2. The van der Waals surface area contributed by atoms with Crippen molar-refractivity contribution < 1.29 is 14.3 Å². The third-order valence-electron chi connectivity index (χ3n) is 3.94. The van der Waals surface area contributed by atoms with E-state index in [0.717, 1.165) is 5.56 Å². The van der Waals surface area contributed by atoms with Gasteiger partial charge in [0.1, 0.15) is 11.4 Å². The van der Waals surface area contributed by atoms with Gasteiger partial charge in [-0.25, -0.2) is 0 Å². The first-order valence-corrected chi connectivity index (χ1v) is 8.83. The van der Waals surface area contributed by atoms with Crippen LogP contribution in [0, 0.1) is 6.92 Å². The molecule has 0 radical (unpaired) electrons. The number of hydrogen-bond acceptors (Lipinski definition) is 4. The molecule has 0 aliphatic heterocycles. The Hall–Kier alpha value is -3.38. The lowest BCUT2D eigenvalue weighted by Gasteiger charge is -2.11. The fraction of sp³-hybridized carbons (Fsp3) is 0.0952. The van der Waals surface area contributed by atoms with E-state index in [1.165, 1.54) is 25.4 Å². The number of anilines is 2. The summed E-state index contributed by atoms with van der Waals surface area (Å²) in [7, 11) is 1.50. The van der Waals surface area contributed by atoms with E-state index in [9.17, 15) is 9.59 Å². The quantitative estimate of drug-likeness (QED) is 0.663. The van der Waals surface area contributed by atoms with Gasteiger partial charge in [0.2, 0.25) is 0 Å². The molecule has 0 aliphatic carbocycles. The van der Waals surface area contributed by atoms with Gasteiger partial charge in [-0.3, -0.25) is 14.6 Å². The molecule has 1 heterocycles. The Morgan fingerprint density at radius 2 is 1.82 bits per heavy atom. The van der Waals surface area contributed by atoms with Crippen molar-refractivity contribution in [3.8, 4) is 5.75 Å². The topological polar surface area (TPSA) is 80.3 Å². The number of methoxy groups -OCH3 is 1. The van der Waals surface area contributed by atoms with Crippen LogP contribution in [0.15, 0.2) is 60.8 Å². The zero-order valence-corrected chi connectivity index (χ0v) is 16.1. The zero-order valence-electron chi connectivity index (χ0n) is 15.3. The monoisotopic (exact) mass is 395 g/mol. The van der Waals surface area contributed by atoms with E-state index in [2.05, 4.69) is 15.6 Å². The normalized spacial score (nSPS) is 10.2. The number of halogens is 1. The average molecular weight is 396 g/mol. The number of carbonyl (C=O) groups excluding carboxylic acids is 2. The molecule has 0 aliphatic rings. The molecule has 142 valence electrons. The van der Waals surface area contributed by atoms with E-state index < -0.39 is 11.8 Å². The molecule has 1 aromatic heterocycles. The molecule has 2 aromatic carbocycles. The number of aryl methyl sites for hydroxylation is 1. The second-order valence-electron chi connectivity index (χ2n) is 6.05. The van der Waals surface area contributed by atoms with E-state index in [0.29, 0.717) is 22.1 Å². The van der Waals surface area contributed by atoms with Crippen molar-refractivity contribution in [1.82, 2.24) is 4.98 Å². The van der Waals surface area contributed by atoms with E-state index in [4.69, 9.17) is 16.3 Å². The van der Waals surface area contributed by atoms with E-state index in [1.54, 1.807) is 24.3 Å². The average Bonchev–Trinajstić information content (AvgIpc) is 2.68. The van der Waals surface area contributed by atoms with Crippen molar-refractivity contribution >= 4 is 34.8 Å². The van der Waals surface area contributed by atoms with Crippen LogP contribution in [-0.2, 0) is 0 Å². The maximum Gasteiger partial charge on any atom is 0.274 e. The van der Waals surface area contributed by atoms with Crippen LogP contribution in [0.25, 0.3) is 0 Å². The molecule has 7 heteroatoms. The smallest absolute Gasteiger partial charge is 0.274 e. The fourth-order valence-corrected chi connectivity index (χ4v) is 2.76. The summed E-state index contributed by atoms with van der Waals surface area (Å²) in [6.45, 7) is 1.93. The van der Waals surface area contributed by atoms with Crippen molar-refractivity contribution in [2.75, 3.05) is 17.7 Å². The van der Waals surface area contributed by atoms with Crippen molar-refractivity contribution in [2.45, 2.75) is 6.92 Å². The van der Waals surface area contributed by atoms with Gasteiger partial charge in [0.25, 0.3) is 11.8 Å². The standard InChI is InChI=1S/C21H18ClN3O3/c1-13-4-3-5-16(10-13)24-21(27)18-11-14(8-9-23-18)20(26)25-17-12-15(22)6-7-19(17)28-2/h3-12H,1-2H3,(H,24,27)(H,25,26). The van der Waals surface area contributed by atoms with Crippen molar-refractivity contribution in [3.63, 3.8) is 0 Å². The number of hydrogen-bond donors (Lipinski definition) is 2. The lowest BCUT2D eigenvalue weighted by Crippen LogP contribution is -2.17. The van der Waals surface area contributed by atoms with Gasteiger partial charge in [-0.2, -0.15) is 0 Å². The number of benzene rings is 2. The molecule has 2 N–H and O–H groups in total. The van der Waals surface area contributed by atoms with Crippen LogP contribution in [0.2, 0.25) is 5.02 Å².